The van der Waals surface area contributed by atoms with Gasteiger partial charge in [0.1, 0.15) is 11.6 Å². The van der Waals surface area contributed by atoms with Gasteiger partial charge in [-0.3, -0.25) is 0 Å². The molecule has 3 aromatic rings. The van der Waals surface area contributed by atoms with Gasteiger partial charge in [-0.05, 0) is 16.5 Å². The van der Waals surface area contributed by atoms with E-state index in [4.69, 9.17) is 4.98 Å². The van der Waals surface area contributed by atoms with Crippen molar-refractivity contribution in [1.29, 1.82) is 0 Å². The van der Waals surface area contributed by atoms with Crippen LogP contribution in [-0.4, -0.2) is 30.6 Å². The zero-order valence-corrected chi connectivity index (χ0v) is 17.9. The molecule has 0 aliphatic rings. The molecule has 0 unspecified atom stereocenters. The summed E-state index contributed by atoms with van der Waals surface area (Å²) in [4.78, 5) is 6.03. The van der Waals surface area contributed by atoms with E-state index in [1.54, 1.807) is 23.5 Å². The third kappa shape index (κ3) is 4.76. The number of hydrogen-bond acceptors (Lipinski definition) is 3. The van der Waals surface area contributed by atoms with E-state index in [1.807, 2.05) is 12.1 Å². The maximum atomic E-state index is 11.9. The van der Waals surface area contributed by atoms with Crippen molar-refractivity contribution in [3.8, 4) is 27.4 Å². The molecule has 0 amide bonds. The highest BCUT2D eigenvalue weighted by atomic mass is 32.1. The van der Waals surface area contributed by atoms with Crippen molar-refractivity contribution in [2.75, 3.05) is 21.1 Å². The summed E-state index contributed by atoms with van der Waals surface area (Å²) < 4.78 is 0.816. The summed E-state index contributed by atoms with van der Waals surface area (Å²) in [5.41, 5.74) is 4.43. The average molecular weight is 381 g/mol. The van der Waals surface area contributed by atoms with Gasteiger partial charge in [-0.15, -0.1) is 17.1 Å². The fraction of sp³-hybridized carbons (Fsp3) is 0.348. The second-order valence-electron chi connectivity index (χ2n) is 9.09. The van der Waals surface area contributed by atoms with Crippen LogP contribution in [-0.2, 0) is 12.0 Å². The average Bonchev–Trinajstić information content (AvgIpc) is 2.96. The van der Waals surface area contributed by atoms with Crippen molar-refractivity contribution in [2.45, 2.75) is 32.7 Å². The molecule has 0 saturated carbocycles. The van der Waals surface area contributed by atoms with Crippen LogP contribution >= 0.6 is 11.3 Å². The normalized spacial score (nSPS) is 12.4. The molecular formula is C23H28N2OS. The van der Waals surface area contributed by atoms with Crippen LogP contribution in [0.5, 0.6) is 5.75 Å². The van der Waals surface area contributed by atoms with Gasteiger partial charge < -0.3 is 9.59 Å². The number of thiazole rings is 1. The summed E-state index contributed by atoms with van der Waals surface area (Å²) in [7, 11) is 6.49. The number of nitrogens with zero attached hydrogens (tertiary/aromatic N) is 2. The van der Waals surface area contributed by atoms with Crippen LogP contribution in [0.2, 0.25) is 0 Å². The smallest absolute Gasteiger partial charge is 0.148 e. The Morgan fingerprint density at radius 1 is 0.963 bits per heavy atom. The summed E-state index contributed by atoms with van der Waals surface area (Å²) in [5, 5.41) is 13.0. The Hall–Kier alpha value is -2.17. The van der Waals surface area contributed by atoms with E-state index in [9.17, 15) is 5.11 Å². The molecule has 0 N–H and O–H groups in total. The fourth-order valence-corrected chi connectivity index (χ4v) is 4.32. The predicted octanol–water partition coefficient (Wildman–Crippen LogP) is 5.05. The molecule has 1 heterocycles. The Morgan fingerprint density at radius 2 is 1.63 bits per heavy atom. The largest absolute Gasteiger partial charge is 0.872 e. The molecule has 0 saturated heterocycles. The first-order valence-corrected chi connectivity index (χ1v) is 10.0. The summed E-state index contributed by atoms with van der Waals surface area (Å²) in [6.07, 6.45) is 0. The summed E-state index contributed by atoms with van der Waals surface area (Å²) >= 11 is 1.69. The number of aromatic nitrogens is 1. The lowest BCUT2D eigenvalue weighted by Crippen LogP contribution is -2.33. The number of quaternary nitrogens is 1. The quantitative estimate of drug-likeness (QED) is 0.594. The van der Waals surface area contributed by atoms with Crippen molar-refractivity contribution in [1.82, 2.24) is 4.98 Å². The minimum Gasteiger partial charge on any atom is -0.872 e. The lowest BCUT2D eigenvalue weighted by atomic mass is 9.86. The molecule has 27 heavy (non-hydrogen) atoms. The Labute approximate surface area is 166 Å². The third-order valence-corrected chi connectivity index (χ3v) is 5.49. The van der Waals surface area contributed by atoms with Crippen LogP contribution in [0.25, 0.3) is 21.7 Å². The van der Waals surface area contributed by atoms with Crippen LogP contribution in [0, 0.1) is 0 Å². The zero-order chi connectivity index (χ0) is 19.8. The van der Waals surface area contributed by atoms with Crippen LogP contribution in [0.15, 0.2) is 48.5 Å². The lowest BCUT2D eigenvalue weighted by molar-refractivity contribution is -0.883. The van der Waals surface area contributed by atoms with Gasteiger partial charge in [0, 0.05) is 5.56 Å². The van der Waals surface area contributed by atoms with Gasteiger partial charge in [0.2, 0.25) is 0 Å². The Balaban J connectivity index is 2.10. The molecule has 1 aromatic heterocycles. The minimum atomic E-state index is 0.0306. The number of rotatable bonds is 4. The minimum absolute atomic E-state index is 0.0306. The van der Waals surface area contributed by atoms with Crippen molar-refractivity contribution in [3.63, 3.8) is 0 Å². The zero-order valence-electron chi connectivity index (χ0n) is 17.0. The van der Waals surface area contributed by atoms with Crippen LogP contribution in [0.1, 0.15) is 31.3 Å². The molecule has 0 radical (unpaired) electrons. The van der Waals surface area contributed by atoms with E-state index in [0.29, 0.717) is 0 Å². The number of hydrogen-bond donors (Lipinski definition) is 0. The molecule has 0 atom stereocenters. The standard InChI is InChI=1S/C23H28N2OS/c1-23(2,3)18-12-10-16(11-13-18)21-22(17-8-7-9-19(26)14-17)27-20(24-21)15-25(4,5)6/h7-14H,15H2,1-6H3. The van der Waals surface area contributed by atoms with Gasteiger partial charge >= 0.3 is 0 Å². The SMILES string of the molecule is CC(C)(C)c1ccc(-c2nc(C[N+](C)(C)C)sc2-c2cccc([O-])c2)cc1. The van der Waals surface area contributed by atoms with Crippen LogP contribution in [0.3, 0.4) is 0 Å². The van der Waals surface area contributed by atoms with Crippen molar-refractivity contribution >= 4 is 11.3 Å². The van der Waals surface area contributed by atoms with E-state index in [-0.39, 0.29) is 11.2 Å². The molecular weight excluding hydrogens is 352 g/mol. The Kier molecular flexibility index (Phi) is 5.15. The molecule has 0 aliphatic heterocycles. The second-order valence-corrected chi connectivity index (χ2v) is 10.2. The van der Waals surface area contributed by atoms with Crippen LogP contribution < -0.4 is 5.11 Å². The monoisotopic (exact) mass is 380 g/mol. The molecule has 0 fully saturated rings. The number of benzene rings is 2. The molecule has 3 rings (SSSR count). The molecule has 0 spiro atoms. The van der Waals surface area contributed by atoms with Gasteiger partial charge in [0.25, 0.3) is 0 Å². The van der Waals surface area contributed by atoms with E-state index in [1.165, 1.54) is 5.56 Å². The maximum Gasteiger partial charge on any atom is 0.148 e. The first-order valence-electron chi connectivity index (χ1n) is 9.21. The predicted molar refractivity (Wildman–Crippen MR) is 113 cm³/mol. The molecule has 2 aromatic carbocycles. The van der Waals surface area contributed by atoms with E-state index < -0.39 is 0 Å². The van der Waals surface area contributed by atoms with E-state index in [0.717, 1.165) is 37.7 Å². The molecule has 0 bridgehead atoms. The molecule has 0 aliphatic carbocycles. The topological polar surface area (TPSA) is 36.0 Å². The van der Waals surface area contributed by atoms with Crippen molar-refractivity contribution in [3.05, 3.63) is 59.1 Å². The first kappa shape index (κ1) is 19.6. The first-order chi connectivity index (χ1) is 12.5. The van der Waals surface area contributed by atoms with Gasteiger partial charge in [0.15, 0.2) is 0 Å². The van der Waals surface area contributed by atoms with Gasteiger partial charge in [-0.25, -0.2) is 4.98 Å². The summed E-state index contributed by atoms with van der Waals surface area (Å²) in [6.45, 7) is 7.51. The van der Waals surface area contributed by atoms with E-state index in [2.05, 4.69) is 66.2 Å². The summed E-state index contributed by atoms with van der Waals surface area (Å²) in [5.74, 6) is 0.0306. The highest BCUT2D eigenvalue weighted by Crippen LogP contribution is 2.38. The van der Waals surface area contributed by atoms with Crippen molar-refractivity contribution < 1.29 is 9.59 Å². The molecule has 142 valence electrons. The van der Waals surface area contributed by atoms with Crippen molar-refractivity contribution in [2.24, 2.45) is 0 Å². The molecule has 4 heteroatoms. The van der Waals surface area contributed by atoms with Crippen LogP contribution in [0.4, 0.5) is 0 Å². The summed E-state index contributed by atoms with van der Waals surface area (Å²) in [6, 6.07) is 15.8. The van der Waals surface area contributed by atoms with Gasteiger partial charge in [-0.2, -0.15) is 0 Å². The Bertz CT molecular complexity index is 928. The second kappa shape index (κ2) is 7.10. The maximum absolute atomic E-state index is 11.9. The lowest BCUT2D eigenvalue weighted by Gasteiger charge is -2.22. The third-order valence-electron chi connectivity index (χ3n) is 4.40. The Morgan fingerprint density at radius 3 is 2.19 bits per heavy atom. The highest BCUT2D eigenvalue weighted by Gasteiger charge is 2.20. The van der Waals surface area contributed by atoms with Gasteiger partial charge in [0.05, 0.1) is 31.7 Å². The highest BCUT2D eigenvalue weighted by molar-refractivity contribution is 7.15. The fourth-order valence-electron chi connectivity index (χ4n) is 2.99. The van der Waals surface area contributed by atoms with Gasteiger partial charge in [-0.1, -0.05) is 69.3 Å². The van der Waals surface area contributed by atoms with E-state index >= 15 is 0 Å². The molecule has 3 nitrogen and oxygen atoms in total.